The standard InChI is InChI=1S/C73H142O17P2/c1-7-10-12-14-16-18-19-20-21-22-23-24-25-26-32-39-45-51-57-72(77)89-68(62-84-71(76)56-50-44-38-31-28-27-30-36-42-48-54-66(6)9-3)63-87-91(79,80)85-59-67(74)60-86-92(81,82)88-64-69(61-83-70(75)55-49-43-37-29-17-15-13-11-8-2)90-73(78)58-52-46-40-34-33-35-41-47-53-65(4)5/h65-69,74H,7-64H2,1-6H3,(H,79,80)(H,81,82)/t66?,67-,68-,69-/m1/s1. The zero-order chi connectivity index (χ0) is 67.9. The first-order valence-corrected chi connectivity index (χ1v) is 41.0. The van der Waals surface area contributed by atoms with Gasteiger partial charge in [0.15, 0.2) is 12.2 Å². The van der Waals surface area contributed by atoms with Gasteiger partial charge in [-0.3, -0.25) is 37.3 Å². The number of phosphoric ester groups is 2. The molecule has 0 saturated heterocycles. The second kappa shape index (κ2) is 65.0. The molecule has 0 aliphatic carbocycles. The third kappa shape index (κ3) is 65.4. The molecular formula is C73H142O17P2. The molecule has 0 radical (unpaired) electrons. The van der Waals surface area contributed by atoms with Crippen LogP contribution in [-0.4, -0.2) is 96.7 Å². The van der Waals surface area contributed by atoms with Crippen molar-refractivity contribution in [2.24, 2.45) is 11.8 Å². The number of carbonyl (C=O) groups excluding carboxylic acids is 4. The number of hydrogen-bond donors (Lipinski definition) is 3. The van der Waals surface area contributed by atoms with Crippen molar-refractivity contribution < 1.29 is 80.2 Å². The Morgan fingerprint density at radius 3 is 0.826 bits per heavy atom. The van der Waals surface area contributed by atoms with Gasteiger partial charge in [-0.1, -0.05) is 324 Å². The highest BCUT2D eigenvalue weighted by Crippen LogP contribution is 2.45. The maximum atomic E-state index is 13.1. The predicted molar refractivity (Wildman–Crippen MR) is 372 cm³/mol. The summed E-state index contributed by atoms with van der Waals surface area (Å²) < 4.78 is 68.4. The molecule has 0 rings (SSSR count). The molecule has 3 unspecified atom stereocenters. The van der Waals surface area contributed by atoms with Crippen LogP contribution in [0.5, 0.6) is 0 Å². The van der Waals surface area contributed by atoms with E-state index < -0.39 is 97.5 Å². The van der Waals surface area contributed by atoms with Gasteiger partial charge in [0, 0.05) is 25.7 Å². The van der Waals surface area contributed by atoms with Crippen LogP contribution in [0.15, 0.2) is 0 Å². The van der Waals surface area contributed by atoms with Crippen LogP contribution in [0, 0.1) is 11.8 Å². The summed E-state index contributed by atoms with van der Waals surface area (Å²) in [7, 11) is -9.90. The first-order chi connectivity index (χ1) is 44.4. The van der Waals surface area contributed by atoms with Crippen LogP contribution in [0.4, 0.5) is 0 Å². The van der Waals surface area contributed by atoms with Crippen molar-refractivity contribution in [2.75, 3.05) is 39.6 Å². The molecule has 92 heavy (non-hydrogen) atoms. The summed E-state index contributed by atoms with van der Waals surface area (Å²) >= 11 is 0. The average Bonchev–Trinajstić information content (AvgIpc) is 1.75. The smallest absolute Gasteiger partial charge is 0.462 e. The summed E-state index contributed by atoms with van der Waals surface area (Å²) in [4.78, 5) is 72.6. The minimum absolute atomic E-state index is 0.105. The lowest BCUT2D eigenvalue weighted by Gasteiger charge is -2.21. The van der Waals surface area contributed by atoms with E-state index in [0.717, 1.165) is 102 Å². The van der Waals surface area contributed by atoms with Crippen molar-refractivity contribution in [2.45, 2.75) is 394 Å². The zero-order valence-corrected chi connectivity index (χ0v) is 61.6. The fraction of sp³-hybridized carbons (Fsp3) is 0.945. The van der Waals surface area contributed by atoms with E-state index in [2.05, 4.69) is 41.5 Å². The van der Waals surface area contributed by atoms with Crippen molar-refractivity contribution in [1.29, 1.82) is 0 Å². The van der Waals surface area contributed by atoms with Crippen LogP contribution < -0.4 is 0 Å². The summed E-state index contributed by atoms with van der Waals surface area (Å²) in [6.07, 6.45) is 51.3. The van der Waals surface area contributed by atoms with E-state index in [9.17, 15) is 43.2 Å². The molecule has 3 N–H and O–H groups in total. The number of carbonyl (C=O) groups is 4. The Labute approximate surface area is 562 Å². The first-order valence-electron chi connectivity index (χ1n) is 38.0. The van der Waals surface area contributed by atoms with Gasteiger partial charge < -0.3 is 33.8 Å². The maximum Gasteiger partial charge on any atom is 0.472 e. The molecule has 17 nitrogen and oxygen atoms in total. The Kier molecular flexibility index (Phi) is 63.7. The second-order valence-corrected chi connectivity index (χ2v) is 30.0. The fourth-order valence-electron chi connectivity index (χ4n) is 11.1. The average molecular weight is 1350 g/mol. The van der Waals surface area contributed by atoms with Crippen LogP contribution >= 0.6 is 15.6 Å². The second-order valence-electron chi connectivity index (χ2n) is 27.1. The monoisotopic (exact) mass is 1350 g/mol. The number of unbranched alkanes of at least 4 members (excludes halogenated alkanes) is 41. The molecule has 19 heteroatoms. The number of esters is 4. The molecule has 0 aliphatic rings. The minimum Gasteiger partial charge on any atom is -0.462 e. The van der Waals surface area contributed by atoms with Crippen molar-refractivity contribution in [1.82, 2.24) is 0 Å². The molecular weight excluding hydrogens is 1210 g/mol. The van der Waals surface area contributed by atoms with E-state index >= 15 is 0 Å². The third-order valence-electron chi connectivity index (χ3n) is 17.3. The molecule has 0 heterocycles. The number of ether oxygens (including phenoxy) is 4. The lowest BCUT2D eigenvalue weighted by molar-refractivity contribution is -0.161. The quantitative estimate of drug-likeness (QED) is 0.0222. The molecule has 0 amide bonds. The van der Waals surface area contributed by atoms with E-state index in [1.165, 1.54) is 193 Å². The highest BCUT2D eigenvalue weighted by molar-refractivity contribution is 7.47. The molecule has 0 aromatic carbocycles. The van der Waals surface area contributed by atoms with Crippen LogP contribution in [-0.2, 0) is 65.4 Å². The normalized spacial score (nSPS) is 14.4. The molecule has 0 aromatic heterocycles. The molecule has 546 valence electrons. The van der Waals surface area contributed by atoms with Crippen LogP contribution in [0.1, 0.15) is 375 Å². The van der Waals surface area contributed by atoms with Gasteiger partial charge in [0.25, 0.3) is 0 Å². The summed E-state index contributed by atoms with van der Waals surface area (Å²) in [6.45, 7) is 9.54. The van der Waals surface area contributed by atoms with Crippen LogP contribution in [0.3, 0.4) is 0 Å². The van der Waals surface area contributed by atoms with Crippen molar-refractivity contribution >= 4 is 39.5 Å². The van der Waals surface area contributed by atoms with E-state index in [1.807, 2.05) is 0 Å². The molecule has 0 spiro atoms. The Morgan fingerprint density at radius 2 is 0.554 bits per heavy atom. The van der Waals surface area contributed by atoms with Crippen LogP contribution in [0.25, 0.3) is 0 Å². The number of hydrogen-bond acceptors (Lipinski definition) is 15. The summed E-state index contributed by atoms with van der Waals surface area (Å²) in [5, 5.41) is 10.6. The number of rotatable bonds is 72. The summed E-state index contributed by atoms with van der Waals surface area (Å²) in [5.74, 6) is -0.594. The molecule has 0 aliphatic heterocycles. The maximum absolute atomic E-state index is 13.1. The number of aliphatic hydroxyl groups excluding tert-OH is 1. The predicted octanol–water partition coefficient (Wildman–Crippen LogP) is 21.2. The zero-order valence-electron chi connectivity index (χ0n) is 59.9. The molecule has 0 aromatic rings. The lowest BCUT2D eigenvalue weighted by atomic mass is 9.99. The van der Waals surface area contributed by atoms with Crippen molar-refractivity contribution in [3.63, 3.8) is 0 Å². The van der Waals surface area contributed by atoms with Crippen LogP contribution in [0.2, 0.25) is 0 Å². The van der Waals surface area contributed by atoms with Gasteiger partial charge in [0.1, 0.15) is 19.3 Å². The van der Waals surface area contributed by atoms with E-state index in [-0.39, 0.29) is 25.7 Å². The Balaban J connectivity index is 5.23. The van der Waals surface area contributed by atoms with E-state index in [0.29, 0.717) is 25.7 Å². The van der Waals surface area contributed by atoms with Gasteiger partial charge in [0.05, 0.1) is 26.4 Å². The Morgan fingerprint density at radius 1 is 0.315 bits per heavy atom. The topological polar surface area (TPSA) is 237 Å². The first kappa shape index (κ1) is 90.1. The number of phosphoric acid groups is 2. The molecule has 0 fully saturated rings. The highest BCUT2D eigenvalue weighted by Gasteiger charge is 2.30. The number of aliphatic hydroxyl groups is 1. The Hall–Kier alpha value is -1.94. The molecule has 0 saturated carbocycles. The third-order valence-corrected chi connectivity index (χ3v) is 19.2. The van der Waals surface area contributed by atoms with Gasteiger partial charge in [-0.15, -0.1) is 0 Å². The summed E-state index contributed by atoms with van der Waals surface area (Å²) in [6, 6.07) is 0. The van der Waals surface area contributed by atoms with Gasteiger partial charge in [-0.2, -0.15) is 0 Å². The summed E-state index contributed by atoms with van der Waals surface area (Å²) in [5.41, 5.74) is 0. The van der Waals surface area contributed by atoms with Crippen molar-refractivity contribution in [3.8, 4) is 0 Å². The minimum atomic E-state index is -4.95. The molecule has 0 bridgehead atoms. The van der Waals surface area contributed by atoms with Gasteiger partial charge in [-0.25, -0.2) is 9.13 Å². The Bertz CT molecular complexity index is 1790. The van der Waals surface area contributed by atoms with E-state index in [1.54, 1.807) is 0 Å². The molecule has 6 atom stereocenters. The van der Waals surface area contributed by atoms with Gasteiger partial charge in [-0.05, 0) is 37.5 Å². The fourth-order valence-corrected chi connectivity index (χ4v) is 12.7. The van der Waals surface area contributed by atoms with Crippen molar-refractivity contribution in [3.05, 3.63) is 0 Å². The largest absolute Gasteiger partial charge is 0.472 e. The highest BCUT2D eigenvalue weighted by atomic mass is 31.2. The van der Waals surface area contributed by atoms with E-state index in [4.69, 9.17) is 37.0 Å². The van der Waals surface area contributed by atoms with Gasteiger partial charge >= 0.3 is 39.5 Å². The SMILES string of the molecule is CCCCCCCCCCCCCCCCCCCCC(=O)O[C@H](COC(=O)CCCCCCCCCCCCC(C)CC)COP(=O)(O)OC[C@@H](O)COP(=O)(O)OC[C@@H](COC(=O)CCCCCCCCCCC)OC(=O)CCCCCCCCCCC(C)C. The van der Waals surface area contributed by atoms with Gasteiger partial charge in [0.2, 0.25) is 0 Å². The lowest BCUT2D eigenvalue weighted by Crippen LogP contribution is -2.30.